The molecule has 0 aromatic carbocycles. The number of aliphatic carboxylic acids is 1. The van der Waals surface area contributed by atoms with E-state index in [0.29, 0.717) is 12.5 Å². The molecular weight excluding hydrogens is 220 g/mol. The summed E-state index contributed by atoms with van der Waals surface area (Å²) in [6, 6.07) is -0.0795. The lowest BCUT2D eigenvalue weighted by Crippen LogP contribution is -2.51. The SMILES string of the molecule is CC(C)CC1CN(C(C)(C)C(=O)O)C(=O)N1C. The van der Waals surface area contributed by atoms with E-state index in [-0.39, 0.29) is 12.1 Å². The quantitative estimate of drug-likeness (QED) is 0.815. The van der Waals surface area contributed by atoms with Gasteiger partial charge in [0.25, 0.3) is 0 Å². The zero-order valence-electron chi connectivity index (χ0n) is 11.2. The topological polar surface area (TPSA) is 60.9 Å². The molecule has 0 aromatic heterocycles. The predicted molar refractivity (Wildman–Crippen MR) is 64.8 cm³/mol. The molecule has 1 unspecified atom stereocenters. The van der Waals surface area contributed by atoms with E-state index in [1.54, 1.807) is 25.8 Å². The molecule has 1 saturated heterocycles. The highest BCUT2D eigenvalue weighted by Gasteiger charge is 2.46. The van der Waals surface area contributed by atoms with Gasteiger partial charge in [0, 0.05) is 13.6 Å². The number of carbonyl (C=O) groups excluding carboxylic acids is 1. The molecule has 0 aromatic rings. The maximum absolute atomic E-state index is 12.0. The lowest BCUT2D eigenvalue weighted by Gasteiger charge is -2.30. The van der Waals surface area contributed by atoms with Gasteiger partial charge in [-0.2, -0.15) is 0 Å². The van der Waals surface area contributed by atoms with Crippen LogP contribution in [-0.4, -0.2) is 52.1 Å². The van der Waals surface area contributed by atoms with Crippen molar-refractivity contribution >= 4 is 12.0 Å². The van der Waals surface area contributed by atoms with Gasteiger partial charge < -0.3 is 14.9 Å². The summed E-state index contributed by atoms with van der Waals surface area (Å²) < 4.78 is 0. The molecule has 1 heterocycles. The number of likely N-dealkylation sites (N-methyl/N-ethyl adjacent to an activating group) is 1. The molecule has 1 rings (SSSR count). The third kappa shape index (κ3) is 2.53. The minimum absolute atomic E-state index is 0.112. The van der Waals surface area contributed by atoms with E-state index >= 15 is 0 Å². The van der Waals surface area contributed by atoms with Gasteiger partial charge in [0.15, 0.2) is 0 Å². The van der Waals surface area contributed by atoms with Crippen molar-refractivity contribution in [2.45, 2.75) is 45.7 Å². The summed E-state index contributed by atoms with van der Waals surface area (Å²) in [5.74, 6) is -0.479. The molecule has 5 heteroatoms. The molecule has 1 N–H and O–H groups in total. The number of rotatable bonds is 4. The number of carbonyl (C=O) groups is 2. The first-order valence-electron chi connectivity index (χ1n) is 5.95. The van der Waals surface area contributed by atoms with Gasteiger partial charge in [0.2, 0.25) is 0 Å². The van der Waals surface area contributed by atoms with Gasteiger partial charge in [0.1, 0.15) is 5.54 Å². The number of hydrogen-bond acceptors (Lipinski definition) is 2. The van der Waals surface area contributed by atoms with Gasteiger partial charge >= 0.3 is 12.0 Å². The minimum atomic E-state index is -1.14. The molecule has 17 heavy (non-hydrogen) atoms. The summed E-state index contributed by atoms with van der Waals surface area (Å²) in [5.41, 5.74) is -1.14. The average molecular weight is 242 g/mol. The van der Waals surface area contributed by atoms with Crippen molar-refractivity contribution in [2.75, 3.05) is 13.6 Å². The highest BCUT2D eigenvalue weighted by molar-refractivity contribution is 5.86. The molecular formula is C12H22N2O3. The Labute approximate surface area is 102 Å². The molecule has 1 aliphatic heterocycles. The van der Waals surface area contributed by atoms with Gasteiger partial charge in [-0.1, -0.05) is 13.8 Å². The van der Waals surface area contributed by atoms with Crippen LogP contribution in [0.2, 0.25) is 0 Å². The first-order chi connectivity index (χ1) is 7.67. The van der Waals surface area contributed by atoms with Crippen LogP contribution in [0.25, 0.3) is 0 Å². The fraction of sp³-hybridized carbons (Fsp3) is 0.833. The second-order valence-corrected chi connectivity index (χ2v) is 5.65. The van der Waals surface area contributed by atoms with E-state index in [0.717, 1.165) is 6.42 Å². The second-order valence-electron chi connectivity index (χ2n) is 5.65. The van der Waals surface area contributed by atoms with Crippen molar-refractivity contribution in [3.63, 3.8) is 0 Å². The smallest absolute Gasteiger partial charge is 0.329 e. The van der Waals surface area contributed by atoms with Crippen LogP contribution < -0.4 is 0 Å². The number of hydrogen-bond donors (Lipinski definition) is 1. The van der Waals surface area contributed by atoms with Crippen molar-refractivity contribution < 1.29 is 14.7 Å². The molecule has 2 amide bonds. The van der Waals surface area contributed by atoms with Crippen LogP contribution >= 0.6 is 0 Å². The van der Waals surface area contributed by atoms with Gasteiger partial charge in [-0.25, -0.2) is 9.59 Å². The highest BCUT2D eigenvalue weighted by atomic mass is 16.4. The van der Waals surface area contributed by atoms with E-state index in [4.69, 9.17) is 5.11 Å². The molecule has 5 nitrogen and oxygen atoms in total. The van der Waals surface area contributed by atoms with E-state index in [1.807, 2.05) is 0 Å². The summed E-state index contributed by atoms with van der Waals surface area (Å²) in [6.45, 7) is 7.83. The fourth-order valence-corrected chi connectivity index (χ4v) is 2.12. The lowest BCUT2D eigenvalue weighted by molar-refractivity contribution is -0.147. The van der Waals surface area contributed by atoms with E-state index in [9.17, 15) is 9.59 Å². The van der Waals surface area contributed by atoms with Crippen LogP contribution in [-0.2, 0) is 4.79 Å². The van der Waals surface area contributed by atoms with Gasteiger partial charge in [0.05, 0.1) is 6.04 Å². The second kappa shape index (κ2) is 4.55. The summed E-state index contributed by atoms with van der Waals surface area (Å²) in [4.78, 5) is 26.3. The lowest BCUT2D eigenvalue weighted by atomic mass is 10.0. The van der Waals surface area contributed by atoms with Crippen molar-refractivity contribution in [1.82, 2.24) is 9.80 Å². The van der Waals surface area contributed by atoms with Crippen LogP contribution in [0, 0.1) is 5.92 Å². The molecule has 1 fully saturated rings. The molecule has 0 aliphatic carbocycles. The number of amides is 2. The Balaban J connectivity index is 2.86. The predicted octanol–water partition coefficient (Wildman–Crippen LogP) is 1.63. The van der Waals surface area contributed by atoms with Gasteiger partial charge in [-0.3, -0.25) is 0 Å². The van der Waals surface area contributed by atoms with E-state index in [2.05, 4.69) is 13.8 Å². The number of urea groups is 1. The normalized spacial score (nSPS) is 21.5. The first kappa shape index (κ1) is 13.8. The van der Waals surface area contributed by atoms with Crippen LogP contribution in [0.15, 0.2) is 0 Å². The summed E-state index contributed by atoms with van der Waals surface area (Å²) >= 11 is 0. The van der Waals surface area contributed by atoms with Crippen molar-refractivity contribution in [3.05, 3.63) is 0 Å². The zero-order chi connectivity index (χ0) is 13.4. The maximum Gasteiger partial charge on any atom is 0.329 e. The van der Waals surface area contributed by atoms with Crippen LogP contribution in [0.5, 0.6) is 0 Å². The van der Waals surface area contributed by atoms with E-state index < -0.39 is 11.5 Å². The Morgan fingerprint density at radius 1 is 1.53 bits per heavy atom. The van der Waals surface area contributed by atoms with Gasteiger partial charge in [-0.05, 0) is 26.2 Å². The molecule has 0 bridgehead atoms. The van der Waals surface area contributed by atoms with Crippen molar-refractivity contribution in [2.24, 2.45) is 5.92 Å². The van der Waals surface area contributed by atoms with Crippen molar-refractivity contribution in [3.8, 4) is 0 Å². The zero-order valence-corrected chi connectivity index (χ0v) is 11.2. The van der Waals surface area contributed by atoms with Crippen LogP contribution in [0.4, 0.5) is 4.79 Å². The standard InChI is InChI=1S/C12H22N2O3/c1-8(2)6-9-7-14(11(17)13(9)5)12(3,4)10(15)16/h8-9H,6-7H2,1-5H3,(H,15,16). The minimum Gasteiger partial charge on any atom is -0.480 e. The third-order valence-corrected chi connectivity index (χ3v) is 3.42. The molecule has 1 aliphatic rings. The van der Waals surface area contributed by atoms with Crippen molar-refractivity contribution in [1.29, 1.82) is 0 Å². The largest absolute Gasteiger partial charge is 0.480 e. The Hall–Kier alpha value is -1.26. The summed E-state index contributed by atoms with van der Waals surface area (Å²) in [6.07, 6.45) is 0.897. The molecule has 0 spiro atoms. The molecule has 0 radical (unpaired) electrons. The number of carboxylic acid groups (broad SMARTS) is 1. The average Bonchev–Trinajstić information content (AvgIpc) is 2.45. The Morgan fingerprint density at radius 2 is 2.06 bits per heavy atom. The number of carboxylic acids is 1. The summed E-state index contributed by atoms with van der Waals surface area (Å²) in [7, 11) is 1.74. The monoisotopic (exact) mass is 242 g/mol. The summed E-state index contributed by atoms with van der Waals surface area (Å²) in [5, 5.41) is 9.16. The first-order valence-corrected chi connectivity index (χ1v) is 5.95. The molecule has 98 valence electrons. The Kier molecular flexibility index (Phi) is 3.69. The fourth-order valence-electron chi connectivity index (χ4n) is 2.12. The van der Waals surface area contributed by atoms with Crippen LogP contribution in [0.1, 0.15) is 34.1 Å². The molecule has 1 atom stereocenters. The molecule has 0 saturated carbocycles. The maximum atomic E-state index is 12.0. The van der Waals surface area contributed by atoms with Crippen LogP contribution in [0.3, 0.4) is 0 Å². The van der Waals surface area contributed by atoms with E-state index in [1.165, 1.54) is 4.90 Å². The third-order valence-electron chi connectivity index (χ3n) is 3.42. The highest BCUT2D eigenvalue weighted by Crippen LogP contribution is 2.27. The Bertz CT molecular complexity index is 326. The van der Waals surface area contributed by atoms with Gasteiger partial charge in [-0.15, -0.1) is 0 Å². The number of nitrogens with zero attached hydrogens (tertiary/aromatic N) is 2. The Morgan fingerprint density at radius 3 is 2.47 bits per heavy atom.